The fourth-order valence-electron chi connectivity index (χ4n) is 2.54. The third kappa shape index (κ3) is 2.42. The summed E-state index contributed by atoms with van der Waals surface area (Å²) in [5.41, 5.74) is 0.193. The molecule has 0 fully saturated rings. The van der Waals surface area contributed by atoms with Gasteiger partial charge in [-0.25, -0.2) is 18.9 Å². The largest absolute Gasteiger partial charge is 0.364 e. The average molecular weight is 352 g/mol. The number of carbonyl (C=O) groups is 3. The predicted octanol–water partition coefficient (Wildman–Crippen LogP) is 1.77. The molecule has 1 aromatic heterocycles. The van der Waals surface area contributed by atoms with Crippen LogP contribution in [0, 0.1) is 5.82 Å². The van der Waals surface area contributed by atoms with Crippen LogP contribution >= 0.6 is 0 Å². The number of benzene rings is 2. The van der Waals surface area contributed by atoms with Crippen molar-refractivity contribution in [3.8, 4) is 5.69 Å². The molecule has 0 bridgehead atoms. The Morgan fingerprint density at radius 2 is 1.73 bits per heavy atom. The summed E-state index contributed by atoms with van der Waals surface area (Å²) in [6, 6.07) is 9.62. The molecule has 2 aromatic carbocycles. The second-order valence-electron chi connectivity index (χ2n) is 5.34. The summed E-state index contributed by atoms with van der Waals surface area (Å²) in [6.45, 7) is 0. The van der Waals surface area contributed by atoms with Crippen molar-refractivity contribution >= 4 is 17.8 Å². The Labute approximate surface area is 145 Å². The lowest BCUT2D eigenvalue weighted by atomic mass is 10.1. The van der Waals surface area contributed by atoms with Crippen LogP contribution in [0.3, 0.4) is 0 Å². The summed E-state index contributed by atoms with van der Waals surface area (Å²) in [5.74, 6) is -3.28. The molecule has 26 heavy (non-hydrogen) atoms. The first-order valence-electron chi connectivity index (χ1n) is 7.41. The van der Waals surface area contributed by atoms with Crippen molar-refractivity contribution in [3.63, 3.8) is 0 Å². The average Bonchev–Trinajstić information content (AvgIpc) is 3.26. The number of nitrogens with zero attached hydrogens (tertiary/aromatic N) is 4. The SMILES string of the molecule is O=C(ON1C(=O)c2ccccc2C1=O)c1ccc(-n2cncn2)c(F)c1. The fraction of sp³-hybridized carbons (Fsp3) is 0. The third-order valence-electron chi connectivity index (χ3n) is 3.78. The van der Waals surface area contributed by atoms with Gasteiger partial charge < -0.3 is 4.84 Å². The number of hydroxylamine groups is 2. The highest BCUT2D eigenvalue weighted by molar-refractivity contribution is 6.21. The predicted molar refractivity (Wildman–Crippen MR) is 83.7 cm³/mol. The first-order valence-corrected chi connectivity index (χ1v) is 7.41. The molecule has 128 valence electrons. The number of aromatic nitrogens is 3. The minimum absolute atomic E-state index is 0.0831. The number of hydrogen-bond donors (Lipinski definition) is 0. The summed E-state index contributed by atoms with van der Waals surface area (Å²) in [6.07, 6.45) is 2.54. The number of halogens is 1. The van der Waals surface area contributed by atoms with Gasteiger partial charge in [0.05, 0.1) is 16.7 Å². The number of hydrogen-bond acceptors (Lipinski definition) is 6. The maximum atomic E-state index is 14.2. The van der Waals surface area contributed by atoms with Crippen LogP contribution in [0.5, 0.6) is 0 Å². The minimum atomic E-state index is -1.04. The van der Waals surface area contributed by atoms with Crippen molar-refractivity contribution in [3.05, 3.63) is 77.6 Å². The topological polar surface area (TPSA) is 94.4 Å². The summed E-state index contributed by atoms with van der Waals surface area (Å²) < 4.78 is 15.4. The quantitative estimate of drug-likeness (QED) is 0.667. The van der Waals surface area contributed by atoms with Crippen LogP contribution in [-0.2, 0) is 4.84 Å². The second kappa shape index (κ2) is 5.88. The monoisotopic (exact) mass is 352 g/mol. The Hall–Kier alpha value is -3.88. The molecule has 0 aliphatic carbocycles. The number of amides is 2. The van der Waals surface area contributed by atoms with Crippen molar-refractivity contribution in [2.24, 2.45) is 0 Å². The lowest BCUT2D eigenvalue weighted by molar-refractivity contribution is -0.0584. The van der Waals surface area contributed by atoms with E-state index < -0.39 is 23.6 Å². The third-order valence-corrected chi connectivity index (χ3v) is 3.78. The standard InChI is InChI=1S/C17H9FN4O4/c18-13-7-10(5-6-14(13)21-9-19-8-20-21)17(25)26-22-15(23)11-3-1-2-4-12(11)16(22)24/h1-9H. The van der Waals surface area contributed by atoms with Crippen molar-refractivity contribution in [1.82, 2.24) is 19.8 Å². The summed E-state index contributed by atoms with van der Waals surface area (Å²) in [7, 11) is 0. The number of rotatable bonds is 3. The lowest BCUT2D eigenvalue weighted by Gasteiger charge is -2.13. The Morgan fingerprint density at radius 3 is 2.31 bits per heavy atom. The van der Waals surface area contributed by atoms with Gasteiger partial charge in [0.15, 0.2) is 0 Å². The van der Waals surface area contributed by atoms with Gasteiger partial charge in [-0.1, -0.05) is 17.2 Å². The molecule has 9 heteroatoms. The van der Waals surface area contributed by atoms with E-state index in [1.807, 2.05) is 0 Å². The zero-order chi connectivity index (χ0) is 18.3. The number of fused-ring (bicyclic) bond motifs is 1. The zero-order valence-electron chi connectivity index (χ0n) is 13.0. The van der Waals surface area contributed by atoms with Crippen LogP contribution in [0.4, 0.5) is 4.39 Å². The van der Waals surface area contributed by atoms with Crippen LogP contribution in [0.2, 0.25) is 0 Å². The van der Waals surface area contributed by atoms with Crippen LogP contribution in [0.1, 0.15) is 31.1 Å². The van der Waals surface area contributed by atoms with Gasteiger partial charge in [0.1, 0.15) is 24.2 Å². The van der Waals surface area contributed by atoms with Crippen LogP contribution in [0.25, 0.3) is 5.69 Å². The van der Waals surface area contributed by atoms with Gasteiger partial charge in [-0.05, 0) is 30.3 Å². The van der Waals surface area contributed by atoms with Gasteiger partial charge in [-0.2, -0.15) is 5.10 Å². The highest BCUT2D eigenvalue weighted by Crippen LogP contribution is 2.23. The van der Waals surface area contributed by atoms with E-state index in [1.54, 1.807) is 12.1 Å². The van der Waals surface area contributed by atoms with E-state index in [0.717, 1.165) is 6.07 Å². The fourth-order valence-corrected chi connectivity index (χ4v) is 2.54. The molecule has 2 heterocycles. The van der Waals surface area contributed by atoms with E-state index >= 15 is 0 Å². The zero-order valence-corrected chi connectivity index (χ0v) is 13.0. The maximum absolute atomic E-state index is 14.2. The molecule has 2 amide bonds. The number of carbonyl (C=O) groups excluding carboxylic acids is 3. The Kier molecular flexibility index (Phi) is 3.54. The molecule has 8 nitrogen and oxygen atoms in total. The molecule has 0 saturated carbocycles. The smallest absolute Gasteiger partial charge is 0.324 e. The Balaban J connectivity index is 1.57. The van der Waals surface area contributed by atoms with Crippen molar-refractivity contribution in [2.75, 3.05) is 0 Å². The van der Waals surface area contributed by atoms with E-state index in [1.165, 1.54) is 41.6 Å². The summed E-state index contributed by atoms with van der Waals surface area (Å²) >= 11 is 0. The van der Waals surface area contributed by atoms with Gasteiger partial charge in [0.25, 0.3) is 11.8 Å². The van der Waals surface area contributed by atoms with Crippen LogP contribution in [-0.4, -0.2) is 37.6 Å². The summed E-state index contributed by atoms with van der Waals surface area (Å²) in [4.78, 5) is 45.2. The molecule has 3 aromatic rings. The van der Waals surface area contributed by atoms with Gasteiger partial charge >= 0.3 is 5.97 Å². The molecule has 1 aliphatic heterocycles. The molecule has 0 N–H and O–H groups in total. The molecule has 1 aliphatic rings. The molecule has 4 rings (SSSR count). The number of imide groups is 1. The van der Waals surface area contributed by atoms with Crippen molar-refractivity contribution < 1.29 is 23.6 Å². The Bertz CT molecular complexity index is 1010. The molecule has 0 atom stereocenters. The van der Waals surface area contributed by atoms with Crippen molar-refractivity contribution in [1.29, 1.82) is 0 Å². The highest BCUT2D eigenvalue weighted by atomic mass is 19.1. The van der Waals surface area contributed by atoms with Gasteiger partial charge in [-0.3, -0.25) is 9.59 Å². The van der Waals surface area contributed by atoms with E-state index in [0.29, 0.717) is 5.06 Å². The van der Waals surface area contributed by atoms with E-state index in [-0.39, 0.29) is 22.4 Å². The Morgan fingerprint density at radius 1 is 1.04 bits per heavy atom. The van der Waals surface area contributed by atoms with E-state index in [4.69, 9.17) is 4.84 Å². The van der Waals surface area contributed by atoms with Gasteiger partial charge in [0.2, 0.25) is 0 Å². The van der Waals surface area contributed by atoms with Gasteiger partial charge in [-0.15, -0.1) is 0 Å². The molecule has 0 unspecified atom stereocenters. The summed E-state index contributed by atoms with van der Waals surface area (Å²) in [5, 5.41) is 4.17. The first kappa shape index (κ1) is 15.6. The van der Waals surface area contributed by atoms with Crippen LogP contribution < -0.4 is 0 Å². The van der Waals surface area contributed by atoms with E-state index in [9.17, 15) is 18.8 Å². The normalized spacial score (nSPS) is 13.0. The highest BCUT2D eigenvalue weighted by Gasteiger charge is 2.38. The first-order chi connectivity index (χ1) is 12.6. The second-order valence-corrected chi connectivity index (χ2v) is 5.34. The molecule has 0 spiro atoms. The molecular formula is C17H9FN4O4. The maximum Gasteiger partial charge on any atom is 0.364 e. The molecule has 0 saturated heterocycles. The minimum Gasteiger partial charge on any atom is -0.324 e. The van der Waals surface area contributed by atoms with Gasteiger partial charge in [0, 0.05) is 0 Å². The lowest BCUT2D eigenvalue weighted by Crippen LogP contribution is -2.32. The molecular weight excluding hydrogens is 343 g/mol. The van der Waals surface area contributed by atoms with E-state index in [2.05, 4.69) is 10.1 Å². The van der Waals surface area contributed by atoms with Crippen molar-refractivity contribution in [2.45, 2.75) is 0 Å². The van der Waals surface area contributed by atoms with Crippen LogP contribution in [0.15, 0.2) is 55.1 Å². The molecule has 0 radical (unpaired) electrons.